The second kappa shape index (κ2) is 11.6. The molecule has 0 bridgehead atoms. The number of carbonyl (C=O) groups is 1. The first-order valence-electron chi connectivity index (χ1n) is 7.70. The van der Waals surface area contributed by atoms with E-state index in [1.54, 1.807) is 57.5 Å². The van der Waals surface area contributed by atoms with Crippen LogP contribution in [0.5, 0.6) is 11.5 Å². The van der Waals surface area contributed by atoms with E-state index in [1.807, 2.05) is 12.1 Å². The van der Waals surface area contributed by atoms with Crippen molar-refractivity contribution in [3.05, 3.63) is 48.5 Å². The number of carbonyl (C=O) groups excluding carboxylic acids is 1. The maximum atomic E-state index is 11.1. The van der Waals surface area contributed by atoms with Crippen LogP contribution in [0.2, 0.25) is 0 Å². The monoisotopic (exact) mass is 379 g/mol. The lowest BCUT2D eigenvalue weighted by molar-refractivity contribution is -0.134. The van der Waals surface area contributed by atoms with Crippen LogP contribution in [0, 0.1) is 0 Å². The summed E-state index contributed by atoms with van der Waals surface area (Å²) in [6, 6.07) is 14.3. The van der Waals surface area contributed by atoms with Gasteiger partial charge in [0, 0.05) is 5.69 Å². The molecule has 0 unspecified atom stereocenters. The van der Waals surface area contributed by atoms with Gasteiger partial charge in [-0.2, -0.15) is 5.10 Å². The second-order valence-electron chi connectivity index (χ2n) is 4.74. The van der Waals surface area contributed by atoms with Crippen molar-refractivity contribution in [1.29, 1.82) is 0 Å². The zero-order valence-electron chi connectivity index (χ0n) is 14.9. The lowest BCUT2D eigenvalue weighted by Crippen LogP contribution is -2.13. The van der Waals surface area contributed by atoms with Crippen LogP contribution in [0.1, 0.15) is 6.92 Å². The average Bonchev–Trinajstić information content (AvgIpc) is 2.67. The number of methoxy groups -OCH3 is 2. The average molecular weight is 380 g/mol. The lowest BCUT2D eigenvalue weighted by atomic mass is 10.3. The first-order valence-corrected chi connectivity index (χ1v) is 8.07. The molecule has 0 saturated heterocycles. The van der Waals surface area contributed by atoms with Crippen molar-refractivity contribution in [3.63, 3.8) is 0 Å². The van der Waals surface area contributed by atoms with E-state index in [2.05, 4.69) is 15.3 Å². The van der Waals surface area contributed by atoms with E-state index in [9.17, 15) is 4.79 Å². The largest absolute Gasteiger partial charge is 0.497 e. The van der Waals surface area contributed by atoms with Crippen LogP contribution in [0.25, 0.3) is 0 Å². The molecule has 2 aromatic rings. The number of nitrogens with one attached hydrogen (secondary N) is 1. The van der Waals surface area contributed by atoms with Gasteiger partial charge in [-0.05, 0) is 55.5 Å². The van der Waals surface area contributed by atoms with Crippen molar-refractivity contribution in [1.82, 2.24) is 0 Å². The number of nitrogens with two attached hydrogens (primary N) is 1. The fraction of sp³-hybridized carbons (Fsp3) is 0.222. The quantitative estimate of drug-likeness (QED) is 0.345. The number of hydrogen-bond acceptors (Lipinski definition) is 7. The Morgan fingerprint density at radius 3 is 2.00 bits per heavy atom. The molecule has 8 heteroatoms. The molecule has 3 N–H and O–H groups in total. The molecule has 2 rings (SSSR count). The van der Waals surface area contributed by atoms with Gasteiger partial charge in [0.2, 0.25) is 5.17 Å². The molecule has 0 heterocycles. The highest BCUT2D eigenvalue weighted by Crippen LogP contribution is 2.15. The molecule has 0 fully saturated rings. The molecule has 7 nitrogen and oxygen atoms in total. The third-order valence-corrected chi connectivity index (χ3v) is 3.17. The van der Waals surface area contributed by atoms with E-state index in [0.717, 1.165) is 17.2 Å². The summed E-state index contributed by atoms with van der Waals surface area (Å²) >= 11 is 5.61. The number of ether oxygens (including phenoxy) is 3. The highest BCUT2D eigenvalue weighted by atomic mass is 35.5. The van der Waals surface area contributed by atoms with Gasteiger partial charge in [0.25, 0.3) is 0 Å². The Labute approximate surface area is 157 Å². The number of hydrogen-bond donors (Lipinski definition) is 2. The van der Waals surface area contributed by atoms with Crippen LogP contribution in [0.4, 0.5) is 11.4 Å². The summed E-state index contributed by atoms with van der Waals surface area (Å²) < 4.78 is 14.6. The van der Waals surface area contributed by atoms with E-state index in [1.165, 1.54) is 0 Å². The Kier molecular flexibility index (Phi) is 9.42. The Morgan fingerprint density at radius 2 is 1.54 bits per heavy atom. The highest BCUT2D eigenvalue weighted by molar-refractivity contribution is 6.82. The minimum absolute atomic E-state index is 0.248. The van der Waals surface area contributed by atoms with Crippen molar-refractivity contribution in [2.45, 2.75) is 6.92 Å². The first kappa shape index (κ1) is 21.1. The number of anilines is 2. The van der Waals surface area contributed by atoms with E-state index >= 15 is 0 Å². The molecule has 26 heavy (non-hydrogen) atoms. The maximum absolute atomic E-state index is 11.1. The minimum Gasteiger partial charge on any atom is -0.497 e. The Morgan fingerprint density at radius 1 is 1.04 bits per heavy atom. The van der Waals surface area contributed by atoms with Crippen molar-refractivity contribution in [2.24, 2.45) is 5.10 Å². The molecule has 0 radical (unpaired) electrons. The van der Waals surface area contributed by atoms with E-state index in [0.29, 0.717) is 5.69 Å². The molecule has 0 amide bonds. The van der Waals surface area contributed by atoms with Crippen molar-refractivity contribution < 1.29 is 19.0 Å². The smallest absolute Gasteiger partial charge is 0.370 e. The number of nitrogen functional groups attached to an aromatic ring is 1. The van der Waals surface area contributed by atoms with E-state index < -0.39 is 5.97 Å². The van der Waals surface area contributed by atoms with Crippen LogP contribution in [-0.2, 0) is 9.53 Å². The number of rotatable bonds is 6. The second-order valence-corrected chi connectivity index (χ2v) is 5.09. The molecule has 0 aliphatic carbocycles. The fourth-order valence-electron chi connectivity index (χ4n) is 1.62. The van der Waals surface area contributed by atoms with Crippen LogP contribution >= 0.6 is 11.6 Å². The van der Waals surface area contributed by atoms with Gasteiger partial charge in [0.15, 0.2) is 0 Å². The number of hydrazone groups is 1. The predicted molar refractivity (Wildman–Crippen MR) is 104 cm³/mol. The molecule has 0 atom stereocenters. The lowest BCUT2D eigenvalue weighted by Gasteiger charge is -2.03. The highest BCUT2D eigenvalue weighted by Gasteiger charge is 2.08. The standard InChI is InChI=1S/C11H13ClN2O3.C7H9NO/c1-3-17-11(15)10(12)14-13-8-4-6-9(16-2)7-5-8;1-9-7-4-2-6(8)3-5-7/h4-7,13H,3H2,1-2H3;2-5H,8H2,1H3/b14-10-;. The summed E-state index contributed by atoms with van der Waals surface area (Å²) in [4.78, 5) is 11.1. The Hall–Kier alpha value is -2.93. The van der Waals surface area contributed by atoms with E-state index in [-0.39, 0.29) is 11.8 Å². The van der Waals surface area contributed by atoms with Crippen molar-refractivity contribution >= 4 is 34.1 Å². The molecule has 0 aliphatic rings. The molecule has 140 valence electrons. The summed E-state index contributed by atoms with van der Waals surface area (Å²) in [6.45, 7) is 1.95. The predicted octanol–water partition coefficient (Wildman–Crippen LogP) is 3.50. The summed E-state index contributed by atoms with van der Waals surface area (Å²) in [5, 5.41) is 3.44. The summed E-state index contributed by atoms with van der Waals surface area (Å²) in [6.07, 6.45) is 0. The molecular weight excluding hydrogens is 358 g/mol. The van der Waals surface area contributed by atoms with Crippen LogP contribution in [0.3, 0.4) is 0 Å². The normalized spacial score (nSPS) is 10.2. The van der Waals surface area contributed by atoms with Crippen molar-refractivity contribution in [3.8, 4) is 11.5 Å². The first-order chi connectivity index (χ1) is 12.5. The molecule has 2 aromatic carbocycles. The summed E-state index contributed by atoms with van der Waals surface area (Å²) in [7, 11) is 3.21. The number of esters is 1. The molecule has 0 spiro atoms. The van der Waals surface area contributed by atoms with Gasteiger partial charge in [-0.25, -0.2) is 4.79 Å². The zero-order chi connectivity index (χ0) is 19.4. The maximum Gasteiger partial charge on any atom is 0.370 e. The summed E-state index contributed by atoms with van der Waals surface area (Å²) in [5.41, 5.74) is 9.51. The third-order valence-electron chi connectivity index (χ3n) is 2.93. The van der Waals surface area contributed by atoms with Crippen molar-refractivity contribution in [2.75, 3.05) is 32.0 Å². The Bertz CT molecular complexity index is 703. The van der Waals surface area contributed by atoms with Gasteiger partial charge in [-0.3, -0.25) is 5.43 Å². The molecule has 0 saturated carbocycles. The minimum atomic E-state index is -0.657. The third kappa shape index (κ3) is 7.76. The van der Waals surface area contributed by atoms with E-state index in [4.69, 9.17) is 26.8 Å². The van der Waals surface area contributed by atoms with Gasteiger partial charge < -0.3 is 19.9 Å². The van der Waals surface area contributed by atoms with Gasteiger partial charge in [-0.15, -0.1) is 0 Å². The van der Waals surface area contributed by atoms with Crippen LogP contribution < -0.4 is 20.6 Å². The number of halogens is 1. The molecular formula is C18H22ClN3O4. The molecule has 0 aromatic heterocycles. The number of benzene rings is 2. The topological polar surface area (TPSA) is 95.2 Å². The SMILES string of the molecule is CCOC(=O)/C(Cl)=N/Nc1ccc(OC)cc1.COc1ccc(N)cc1. The molecule has 0 aliphatic heterocycles. The zero-order valence-corrected chi connectivity index (χ0v) is 15.6. The van der Waals surface area contributed by atoms with Crippen LogP contribution in [-0.4, -0.2) is 32.0 Å². The fourth-order valence-corrected chi connectivity index (χ4v) is 1.72. The number of nitrogens with zero attached hydrogens (tertiary/aromatic N) is 1. The Balaban J connectivity index is 0.000000314. The van der Waals surface area contributed by atoms with Crippen LogP contribution in [0.15, 0.2) is 53.6 Å². The summed E-state index contributed by atoms with van der Waals surface area (Å²) in [5.74, 6) is 0.912. The van der Waals surface area contributed by atoms with Gasteiger partial charge in [0.05, 0.1) is 26.5 Å². The van der Waals surface area contributed by atoms with Gasteiger partial charge in [-0.1, -0.05) is 11.6 Å². The van der Waals surface area contributed by atoms with Gasteiger partial charge in [0.1, 0.15) is 11.5 Å². The van der Waals surface area contributed by atoms with Gasteiger partial charge >= 0.3 is 5.97 Å².